The van der Waals surface area contributed by atoms with Crippen LogP contribution in [0, 0.1) is 5.92 Å². The van der Waals surface area contributed by atoms with Gasteiger partial charge in [-0.3, -0.25) is 4.79 Å². The Kier molecular flexibility index (Phi) is 4.27. The van der Waals surface area contributed by atoms with E-state index in [0.29, 0.717) is 29.2 Å². The molecule has 4 rings (SSSR count). The number of carbonyl (C=O) groups excluding carboxylic acids is 1. The number of likely N-dealkylation sites (tertiary alicyclic amines) is 1. The van der Waals surface area contributed by atoms with E-state index in [1.807, 2.05) is 29.2 Å². The maximum Gasteiger partial charge on any atom is 0.231 e. The molecule has 2 heterocycles. The Hall–Kier alpha value is -1.88. The maximum absolute atomic E-state index is 12.5. The first-order valence-electron chi connectivity index (χ1n) is 8.59. The SMILES string of the molecule is O=C(C1CCC1)N1CCCC(c2nc(-c3cccc(Cl)c3)no2)C1. The first-order chi connectivity index (χ1) is 11.7. The highest BCUT2D eigenvalue weighted by Crippen LogP contribution is 2.32. The molecule has 2 fully saturated rings. The van der Waals surface area contributed by atoms with Gasteiger partial charge in [-0.2, -0.15) is 4.98 Å². The predicted octanol–water partition coefficient (Wildman–Crippen LogP) is 3.90. The van der Waals surface area contributed by atoms with E-state index in [1.54, 1.807) is 0 Å². The van der Waals surface area contributed by atoms with Gasteiger partial charge in [0.15, 0.2) is 0 Å². The average Bonchev–Trinajstić information content (AvgIpc) is 3.03. The third kappa shape index (κ3) is 3.05. The first kappa shape index (κ1) is 15.6. The van der Waals surface area contributed by atoms with Crippen molar-refractivity contribution in [2.45, 2.75) is 38.0 Å². The molecule has 5 nitrogen and oxygen atoms in total. The smallest absolute Gasteiger partial charge is 0.231 e. The fraction of sp³-hybridized carbons (Fsp3) is 0.500. The summed E-state index contributed by atoms with van der Waals surface area (Å²) in [6.45, 7) is 1.54. The number of hydrogen-bond donors (Lipinski definition) is 0. The van der Waals surface area contributed by atoms with E-state index >= 15 is 0 Å². The van der Waals surface area contributed by atoms with Crippen molar-refractivity contribution in [3.8, 4) is 11.4 Å². The zero-order chi connectivity index (χ0) is 16.5. The fourth-order valence-electron chi connectivity index (χ4n) is 3.44. The van der Waals surface area contributed by atoms with E-state index in [2.05, 4.69) is 10.1 Å². The Morgan fingerprint density at radius 1 is 1.25 bits per heavy atom. The molecule has 1 saturated heterocycles. The van der Waals surface area contributed by atoms with E-state index in [0.717, 1.165) is 37.8 Å². The standard InChI is InChI=1S/C18H20ClN3O2/c19-15-8-2-6-13(10-15)16-20-17(24-21-16)14-7-3-9-22(11-14)18(23)12-4-1-5-12/h2,6,8,10,12,14H,1,3-5,7,9,11H2. The zero-order valence-corrected chi connectivity index (χ0v) is 14.2. The number of hydrogen-bond acceptors (Lipinski definition) is 4. The molecule has 1 aromatic carbocycles. The van der Waals surface area contributed by atoms with Crippen LogP contribution < -0.4 is 0 Å². The topological polar surface area (TPSA) is 59.2 Å². The Labute approximate surface area is 146 Å². The molecule has 1 saturated carbocycles. The third-order valence-corrected chi connectivity index (χ3v) is 5.30. The number of piperidine rings is 1. The lowest BCUT2D eigenvalue weighted by Gasteiger charge is -2.36. The van der Waals surface area contributed by atoms with Gasteiger partial charge in [0.05, 0.1) is 5.92 Å². The van der Waals surface area contributed by atoms with Gasteiger partial charge in [0.1, 0.15) is 0 Å². The Morgan fingerprint density at radius 3 is 2.88 bits per heavy atom. The van der Waals surface area contributed by atoms with Gasteiger partial charge in [-0.25, -0.2) is 0 Å². The second-order valence-electron chi connectivity index (χ2n) is 6.72. The number of carbonyl (C=O) groups is 1. The van der Waals surface area contributed by atoms with Crippen LogP contribution in [0.5, 0.6) is 0 Å². The van der Waals surface area contributed by atoms with Crippen molar-refractivity contribution in [3.63, 3.8) is 0 Å². The minimum absolute atomic E-state index is 0.128. The van der Waals surface area contributed by atoms with E-state index in [9.17, 15) is 4.79 Å². The highest BCUT2D eigenvalue weighted by atomic mass is 35.5. The molecule has 1 aliphatic carbocycles. The number of amides is 1. The van der Waals surface area contributed by atoms with Crippen LogP contribution in [0.1, 0.15) is 43.9 Å². The molecule has 1 unspecified atom stereocenters. The molecule has 0 N–H and O–H groups in total. The molecule has 0 radical (unpaired) electrons. The molecular formula is C18H20ClN3O2. The van der Waals surface area contributed by atoms with E-state index < -0.39 is 0 Å². The summed E-state index contributed by atoms with van der Waals surface area (Å²) in [4.78, 5) is 19.0. The molecule has 2 aliphatic rings. The van der Waals surface area contributed by atoms with Gasteiger partial charge in [-0.1, -0.05) is 35.3 Å². The summed E-state index contributed by atoms with van der Waals surface area (Å²) in [7, 11) is 0. The summed E-state index contributed by atoms with van der Waals surface area (Å²) >= 11 is 6.02. The van der Waals surface area contributed by atoms with Gasteiger partial charge in [0, 0.05) is 29.6 Å². The molecule has 6 heteroatoms. The summed E-state index contributed by atoms with van der Waals surface area (Å²) in [6.07, 6.45) is 5.23. The Morgan fingerprint density at radius 2 is 2.12 bits per heavy atom. The quantitative estimate of drug-likeness (QED) is 0.846. The maximum atomic E-state index is 12.5. The number of rotatable bonds is 3. The van der Waals surface area contributed by atoms with Crippen LogP contribution in [0.25, 0.3) is 11.4 Å². The van der Waals surface area contributed by atoms with Gasteiger partial charge in [-0.15, -0.1) is 0 Å². The van der Waals surface area contributed by atoms with Crippen molar-refractivity contribution < 1.29 is 9.32 Å². The predicted molar refractivity (Wildman–Crippen MR) is 90.6 cm³/mol. The van der Waals surface area contributed by atoms with Gasteiger partial charge < -0.3 is 9.42 Å². The largest absolute Gasteiger partial charge is 0.342 e. The van der Waals surface area contributed by atoms with Gasteiger partial charge in [0.2, 0.25) is 17.6 Å². The number of aromatic nitrogens is 2. The van der Waals surface area contributed by atoms with Crippen molar-refractivity contribution in [2.24, 2.45) is 5.92 Å². The minimum atomic E-state index is 0.128. The number of nitrogens with zero attached hydrogens (tertiary/aromatic N) is 3. The van der Waals surface area contributed by atoms with Crippen LogP contribution in [-0.4, -0.2) is 34.0 Å². The lowest BCUT2D eigenvalue weighted by molar-refractivity contribution is -0.139. The zero-order valence-electron chi connectivity index (χ0n) is 13.4. The normalized spacial score (nSPS) is 21.5. The molecule has 1 aromatic heterocycles. The van der Waals surface area contributed by atoms with Crippen LogP contribution in [0.2, 0.25) is 5.02 Å². The summed E-state index contributed by atoms with van der Waals surface area (Å²) in [5.41, 5.74) is 0.843. The molecule has 2 aromatic rings. The summed E-state index contributed by atoms with van der Waals surface area (Å²) in [5.74, 6) is 1.85. The number of halogens is 1. The highest BCUT2D eigenvalue weighted by molar-refractivity contribution is 6.30. The van der Waals surface area contributed by atoms with E-state index in [4.69, 9.17) is 16.1 Å². The van der Waals surface area contributed by atoms with Gasteiger partial charge in [0.25, 0.3) is 0 Å². The lowest BCUT2D eigenvalue weighted by atomic mass is 9.83. The van der Waals surface area contributed by atoms with Crippen LogP contribution >= 0.6 is 11.6 Å². The molecule has 1 atom stereocenters. The highest BCUT2D eigenvalue weighted by Gasteiger charge is 2.34. The average molecular weight is 346 g/mol. The van der Waals surface area contributed by atoms with Crippen LogP contribution in [-0.2, 0) is 4.79 Å². The molecule has 126 valence electrons. The molecule has 1 amide bonds. The van der Waals surface area contributed by atoms with Crippen molar-refractivity contribution >= 4 is 17.5 Å². The monoisotopic (exact) mass is 345 g/mol. The molecule has 0 bridgehead atoms. The Bertz CT molecular complexity index is 741. The molecular weight excluding hydrogens is 326 g/mol. The van der Waals surface area contributed by atoms with Crippen molar-refractivity contribution in [2.75, 3.05) is 13.1 Å². The van der Waals surface area contributed by atoms with Crippen molar-refractivity contribution in [1.29, 1.82) is 0 Å². The first-order valence-corrected chi connectivity index (χ1v) is 8.97. The van der Waals surface area contributed by atoms with Gasteiger partial charge in [-0.05, 0) is 37.8 Å². The summed E-state index contributed by atoms with van der Waals surface area (Å²) in [6, 6.07) is 7.42. The molecule has 24 heavy (non-hydrogen) atoms. The van der Waals surface area contributed by atoms with Crippen LogP contribution in [0.15, 0.2) is 28.8 Å². The van der Waals surface area contributed by atoms with Crippen LogP contribution in [0.4, 0.5) is 0 Å². The van der Waals surface area contributed by atoms with Crippen molar-refractivity contribution in [1.82, 2.24) is 15.0 Å². The molecule has 1 aliphatic heterocycles. The van der Waals surface area contributed by atoms with E-state index in [-0.39, 0.29) is 11.8 Å². The second kappa shape index (κ2) is 6.55. The fourth-order valence-corrected chi connectivity index (χ4v) is 3.63. The Balaban J connectivity index is 1.48. The summed E-state index contributed by atoms with van der Waals surface area (Å²) < 4.78 is 5.49. The summed E-state index contributed by atoms with van der Waals surface area (Å²) in [5, 5.41) is 4.73. The lowest BCUT2D eigenvalue weighted by Crippen LogP contribution is -2.44. The van der Waals surface area contributed by atoms with Crippen molar-refractivity contribution in [3.05, 3.63) is 35.2 Å². The minimum Gasteiger partial charge on any atom is -0.342 e. The molecule has 0 spiro atoms. The third-order valence-electron chi connectivity index (χ3n) is 5.06. The second-order valence-corrected chi connectivity index (χ2v) is 7.15. The number of benzene rings is 1. The van der Waals surface area contributed by atoms with E-state index in [1.165, 1.54) is 6.42 Å². The van der Waals surface area contributed by atoms with Crippen LogP contribution in [0.3, 0.4) is 0 Å². The van der Waals surface area contributed by atoms with Gasteiger partial charge >= 0.3 is 0 Å².